The number of benzene rings is 4. The predicted molar refractivity (Wildman–Crippen MR) is 303 cm³/mol. The van der Waals surface area contributed by atoms with Gasteiger partial charge in [-0.1, -0.05) is 44.2 Å². The van der Waals surface area contributed by atoms with Crippen molar-refractivity contribution in [2.24, 2.45) is 5.92 Å². The number of β-amino-alcohol motifs (C(OH)–C–C–N with tert-alkyl or cyclic N) is 1. The minimum atomic E-state index is -4.80. The highest BCUT2D eigenvalue weighted by molar-refractivity contribution is 7.81. The number of hydrogen-bond donors (Lipinski definition) is 2. The predicted octanol–water partition coefficient (Wildman–Crippen LogP) is 8.10. The van der Waals surface area contributed by atoms with Gasteiger partial charge in [0, 0.05) is 56.1 Å². The fourth-order valence-corrected chi connectivity index (χ4v) is 11.4. The van der Waals surface area contributed by atoms with Crippen LogP contribution in [0.15, 0.2) is 90.4 Å². The molecule has 436 valence electrons. The molecule has 0 spiro atoms. The molecule has 0 saturated carbocycles. The molecule has 5 aromatic rings. The summed E-state index contributed by atoms with van der Waals surface area (Å²) in [6, 6.07) is 22.7. The molecule has 4 amide bonds. The molecule has 4 heterocycles. The van der Waals surface area contributed by atoms with Crippen LogP contribution >= 0.6 is 23.6 Å². The number of nitrogens with one attached hydrogen (secondary N) is 1. The van der Waals surface area contributed by atoms with E-state index in [1.54, 1.807) is 71.6 Å². The highest BCUT2D eigenvalue weighted by Crippen LogP contribution is 2.41. The first-order valence-corrected chi connectivity index (χ1v) is 28.2. The van der Waals surface area contributed by atoms with E-state index in [4.69, 9.17) is 40.6 Å². The summed E-state index contributed by atoms with van der Waals surface area (Å²) in [5, 5.41) is 22.9. The number of aliphatic hydroxyl groups excluding tert-OH is 1. The van der Waals surface area contributed by atoms with Crippen LogP contribution in [0.1, 0.15) is 78.8 Å². The number of fused-ring (bicyclic) bond motifs is 1. The molecule has 3 atom stereocenters. The lowest BCUT2D eigenvalue weighted by molar-refractivity contribution is -0.143. The van der Waals surface area contributed by atoms with Crippen LogP contribution < -0.4 is 24.6 Å². The molecule has 23 heteroatoms. The Labute approximate surface area is 483 Å². The van der Waals surface area contributed by atoms with Crippen LogP contribution in [0, 0.1) is 24.2 Å². The molecular weight excluding hydrogens is 1100 g/mol. The standard InChI is InChI=1S/C59H66F3N7O11S2/c1-37(2)51(67-34-42-9-6-7-10-47(42)54(67)72)55(73)66-35-45(70)31-49(66)53(71)64-33-41-12-11-39(52-38(3)65-36-82-52)29-50(41)80-28-26-78-24-22-76-20-8-19-75-21-23-77-25-27-79-46-17-15-43(16-18-46)69-57(81)68(56(74)58(69,4)5)44-14-13-40(32-63)48(30-44)59(60,61)62/h6-7,9-18,29-30,36-37,45,49,51,70H,8,19-28,31,33-35H2,1-5H3,(H,64,71)/t45-,49+,51+/m1/s1. The maximum atomic E-state index is 14.2. The Morgan fingerprint density at radius 3 is 2.16 bits per heavy atom. The Morgan fingerprint density at radius 2 is 1.52 bits per heavy atom. The molecule has 4 aromatic carbocycles. The first-order chi connectivity index (χ1) is 39.3. The smallest absolute Gasteiger partial charge is 0.417 e. The number of ether oxygens (including phenoxy) is 6. The minimum Gasteiger partial charge on any atom is -0.491 e. The van der Waals surface area contributed by atoms with Crippen molar-refractivity contribution < 1.29 is 65.9 Å². The van der Waals surface area contributed by atoms with Gasteiger partial charge in [0.25, 0.3) is 11.8 Å². The summed E-state index contributed by atoms with van der Waals surface area (Å²) in [5.41, 5.74) is 3.18. The Kier molecular flexibility index (Phi) is 20.4. The summed E-state index contributed by atoms with van der Waals surface area (Å²) in [5.74, 6) is -0.712. The number of thiocarbonyl (C=S) groups is 1. The number of likely N-dealkylation sites (tertiary alicyclic amines) is 1. The molecule has 0 unspecified atom stereocenters. The Morgan fingerprint density at radius 1 is 0.878 bits per heavy atom. The lowest BCUT2D eigenvalue weighted by atomic mass is 10.0. The third-order valence-electron chi connectivity index (χ3n) is 14.2. The van der Waals surface area contributed by atoms with Crippen molar-refractivity contribution in [2.75, 3.05) is 82.4 Å². The van der Waals surface area contributed by atoms with Crippen molar-refractivity contribution in [3.05, 3.63) is 124 Å². The van der Waals surface area contributed by atoms with E-state index < -0.39 is 52.8 Å². The quantitative estimate of drug-likeness (QED) is 0.0377. The van der Waals surface area contributed by atoms with Crippen molar-refractivity contribution >= 4 is 63.7 Å². The lowest BCUT2D eigenvalue weighted by Gasteiger charge is -2.35. The number of nitrogens with zero attached hydrogens (tertiary/aromatic N) is 6. The van der Waals surface area contributed by atoms with E-state index in [9.17, 15) is 42.7 Å². The fourth-order valence-electron chi connectivity index (χ4n) is 10.1. The molecule has 0 radical (unpaired) electrons. The number of aromatic nitrogens is 1. The number of rotatable bonds is 27. The minimum absolute atomic E-state index is 0.00827. The number of halogens is 3. The van der Waals surface area contributed by atoms with Crippen LogP contribution in [-0.2, 0) is 52.6 Å². The molecule has 2 fully saturated rings. The van der Waals surface area contributed by atoms with Crippen molar-refractivity contribution in [1.29, 1.82) is 5.26 Å². The summed E-state index contributed by atoms with van der Waals surface area (Å²) < 4.78 is 76.1. The van der Waals surface area contributed by atoms with Crippen molar-refractivity contribution in [3.8, 4) is 28.0 Å². The van der Waals surface area contributed by atoms with Crippen LogP contribution in [0.4, 0.5) is 24.5 Å². The molecule has 3 aliphatic heterocycles. The Balaban J connectivity index is 0.698. The van der Waals surface area contributed by atoms with E-state index >= 15 is 0 Å². The Hall–Kier alpha value is -7.04. The average Bonchev–Trinajstić information content (AvgIpc) is 2.73. The van der Waals surface area contributed by atoms with Gasteiger partial charge in [-0.2, -0.15) is 18.4 Å². The van der Waals surface area contributed by atoms with Gasteiger partial charge >= 0.3 is 6.18 Å². The maximum absolute atomic E-state index is 14.2. The van der Waals surface area contributed by atoms with Gasteiger partial charge in [-0.3, -0.25) is 24.1 Å². The van der Waals surface area contributed by atoms with Gasteiger partial charge in [-0.25, -0.2) is 4.98 Å². The van der Waals surface area contributed by atoms with Gasteiger partial charge < -0.3 is 53.5 Å². The number of carbonyl (C=O) groups excluding carboxylic acids is 4. The first-order valence-electron chi connectivity index (χ1n) is 26.9. The number of anilines is 2. The highest BCUT2D eigenvalue weighted by Gasteiger charge is 2.51. The van der Waals surface area contributed by atoms with Gasteiger partial charge in [0.1, 0.15) is 42.3 Å². The normalized spacial score (nSPS) is 17.2. The second-order valence-electron chi connectivity index (χ2n) is 20.6. The summed E-state index contributed by atoms with van der Waals surface area (Å²) in [4.78, 5) is 66.1. The summed E-state index contributed by atoms with van der Waals surface area (Å²) in [6.45, 7) is 12.7. The molecule has 3 aliphatic rings. The zero-order valence-electron chi connectivity index (χ0n) is 46.2. The molecule has 2 saturated heterocycles. The lowest BCUT2D eigenvalue weighted by Crippen LogP contribution is -2.55. The van der Waals surface area contributed by atoms with Crippen LogP contribution in [0.3, 0.4) is 0 Å². The van der Waals surface area contributed by atoms with Crippen LogP contribution in [0.5, 0.6) is 11.5 Å². The number of aryl methyl sites for hydroxylation is 1. The van der Waals surface area contributed by atoms with Gasteiger partial charge in [-0.15, -0.1) is 11.3 Å². The van der Waals surface area contributed by atoms with E-state index in [0.29, 0.717) is 87.5 Å². The molecular formula is C59H66F3N7O11S2. The van der Waals surface area contributed by atoms with Gasteiger partial charge in [-0.05, 0) is 111 Å². The maximum Gasteiger partial charge on any atom is 0.417 e. The van der Waals surface area contributed by atoms with Crippen LogP contribution in [-0.4, -0.2) is 145 Å². The highest BCUT2D eigenvalue weighted by atomic mass is 32.1. The SMILES string of the molecule is Cc1ncsc1-c1ccc(CNC(=O)[C@@H]2C[C@@H](O)CN2C(=O)[C@H](C(C)C)N2Cc3ccccc3C2=O)c(OCCOCCOCCCOCCOCCOc2ccc(N3C(=S)N(c4ccc(C#N)c(C(F)(F)F)c4)C(=O)C3(C)C)cc2)c1. The van der Waals surface area contributed by atoms with Gasteiger partial charge in [0.05, 0.1) is 84.7 Å². The largest absolute Gasteiger partial charge is 0.491 e. The fraction of sp³-hybridized carbons (Fsp3) is 0.441. The number of thiazole rings is 1. The second-order valence-corrected chi connectivity index (χ2v) is 21.9. The van der Waals surface area contributed by atoms with Crippen molar-refractivity contribution in [2.45, 2.75) is 90.5 Å². The number of hydrogen-bond acceptors (Lipinski definition) is 15. The monoisotopic (exact) mass is 1170 g/mol. The van der Waals surface area contributed by atoms with Gasteiger partial charge in [0.15, 0.2) is 5.11 Å². The Bertz CT molecular complexity index is 3130. The van der Waals surface area contributed by atoms with Crippen LogP contribution in [0.25, 0.3) is 10.4 Å². The molecule has 1 aromatic heterocycles. The van der Waals surface area contributed by atoms with Gasteiger partial charge in [0.2, 0.25) is 11.8 Å². The third-order valence-corrected chi connectivity index (χ3v) is 15.6. The number of aliphatic hydroxyl groups is 1. The van der Waals surface area contributed by atoms with E-state index in [1.165, 1.54) is 22.3 Å². The zero-order valence-corrected chi connectivity index (χ0v) is 47.9. The average molecular weight is 1170 g/mol. The number of carbonyl (C=O) groups is 4. The van der Waals surface area contributed by atoms with E-state index in [2.05, 4.69) is 10.3 Å². The van der Waals surface area contributed by atoms with E-state index in [-0.39, 0.29) is 67.9 Å². The third kappa shape index (κ3) is 14.2. The van der Waals surface area contributed by atoms with Crippen molar-refractivity contribution in [3.63, 3.8) is 0 Å². The summed E-state index contributed by atoms with van der Waals surface area (Å²) in [6.07, 6.45) is -4.97. The van der Waals surface area contributed by atoms with E-state index in [1.807, 2.05) is 51.1 Å². The second kappa shape index (κ2) is 27.4. The zero-order chi connectivity index (χ0) is 58.7. The van der Waals surface area contributed by atoms with Crippen LogP contribution in [0.2, 0.25) is 0 Å². The van der Waals surface area contributed by atoms with Crippen molar-refractivity contribution in [1.82, 2.24) is 20.1 Å². The first kappa shape index (κ1) is 61.0. The molecule has 2 N–H and O–H groups in total. The molecule has 18 nitrogen and oxygen atoms in total. The number of nitriles is 1. The van der Waals surface area contributed by atoms with E-state index in [0.717, 1.165) is 38.7 Å². The summed E-state index contributed by atoms with van der Waals surface area (Å²) >= 11 is 7.13. The summed E-state index contributed by atoms with van der Waals surface area (Å²) in [7, 11) is 0. The topological polar surface area (TPSA) is 206 Å². The molecule has 0 bridgehead atoms. The molecule has 0 aliphatic carbocycles. The number of alkyl halides is 3. The molecule has 8 rings (SSSR count). The molecule has 82 heavy (non-hydrogen) atoms. The number of amides is 4.